The van der Waals surface area contributed by atoms with Crippen molar-refractivity contribution in [1.29, 1.82) is 0 Å². The summed E-state index contributed by atoms with van der Waals surface area (Å²) < 4.78 is 59.1. The van der Waals surface area contributed by atoms with Crippen molar-refractivity contribution in [2.45, 2.75) is 43.8 Å². The van der Waals surface area contributed by atoms with Gasteiger partial charge in [-0.1, -0.05) is 29.3 Å². The summed E-state index contributed by atoms with van der Waals surface area (Å²) in [6.45, 7) is 0.579. The molecule has 1 aliphatic carbocycles. The maximum Gasteiger partial charge on any atom is 0.415 e. The van der Waals surface area contributed by atoms with E-state index in [2.05, 4.69) is 0 Å². The number of rotatable bonds is 5. The summed E-state index contributed by atoms with van der Waals surface area (Å²) in [5.41, 5.74) is -1.51. The average molecular weight is 630 g/mol. The third kappa shape index (κ3) is 5.90. The Kier molecular flexibility index (Phi) is 8.37. The van der Waals surface area contributed by atoms with Crippen LogP contribution in [0, 0.1) is 17.2 Å². The fourth-order valence-corrected chi connectivity index (χ4v) is 6.18. The molecule has 1 saturated carbocycles. The molecule has 0 aromatic heterocycles. The molecule has 2 heterocycles. The Balaban J connectivity index is 1.28. The molecule has 1 unspecified atom stereocenters. The van der Waals surface area contributed by atoms with Crippen molar-refractivity contribution in [1.82, 2.24) is 14.7 Å². The quantitative estimate of drug-likeness (QED) is 0.373. The number of alkyl halides is 3. The van der Waals surface area contributed by atoms with Crippen LogP contribution in [0.25, 0.3) is 0 Å². The summed E-state index contributed by atoms with van der Waals surface area (Å²) in [5, 5.41) is 0.672. The van der Waals surface area contributed by atoms with Gasteiger partial charge in [0.25, 0.3) is 0 Å². The van der Waals surface area contributed by atoms with Crippen LogP contribution in [0.2, 0.25) is 10.0 Å². The van der Waals surface area contributed by atoms with E-state index in [0.29, 0.717) is 10.0 Å². The normalized spacial score (nSPS) is 22.2. The largest absolute Gasteiger partial charge is 0.415 e. The highest BCUT2D eigenvalue weighted by atomic mass is 35.5. The van der Waals surface area contributed by atoms with Gasteiger partial charge < -0.3 is 19.4 Å². The molecule has 0 radical (unpaired) electrons. The van der Waals surface area contributed by atoms with Gasteiger partial charge in [0, 0.05) is 45.1 Å². The van der Waals surface area contributed by atoms with E-state index >= 15 is 0 Å². The topological polar surface area (TPSA) is 70.2 Å². The van der Waals surface area contributed by atoms with Gasteiger partial charge in [0.15, 0.2) is 0 Å². The lowest BCUT2D eigenvalue weighted by Gasteiger charge is -2.35. The molecule has 226 valence electrons. The van der Waals surface area contributed by atoms with Crippen LogP contribution >= 0.6 is 23.2 Å². The first-order valence-corrected chi connectivity index (χ1v) is 14.4. The van der Waals surface area contributed by atoms with Gasteiger partial charge in [-0.2, -0.15) is 13.2 Å². The molecule has 13 heteroatoms. The number of likely N-dealkylation sites (tertiary alicyclic amines) is 2. The SMILES string of the molecule is CN(C(=O)Oc1ccc(F)cc1)[C@@H]1CN(C(=O)C2CCN(C(=O)C3(C(F)(F)F)CC3)CC2)CC1c1ccc(Cl)c(Cl)c1. The summed E-state index contributed by atoms with van der Waals surface area (Å²) in [6.07, 6.45) is -5.17. The van der Waals surface area contributed by atoms with Crippen LogP contribution < -0.4 is 4.74 Å². The van der Waals surface area contributed by atoms with Gasteiger partial charge in [-0.05, 0) is 67.6 Å². The molecule has 2 aliphatic heterocycles. The Hall–Kier alpha value is -3.05. The number of hydrogen-bond donors (Lipinski definition) is 0. The van der Waals surface area contributed by atoms with Gasteiger partial charge in [-0.15, -0.1) is 0 Å². The van der Waals surface area contributed by atoms with Crippen LogP contribution in [0.15, 0.2) is 42.5 Å². The number of ether oxygens (including phenoxy) is 1. The smallest absolute Gasteiger partial charge is 0.410 e. The number of hydrogen-bond acceptors (Lipinski definition) is 4. The summed E-state index contributed by atoms with van der Waals surface area (Å²) in [7, 11) is 1.55. The van der Waals surface area contributed by atoms with Gasteiger partial charge in [0.1, 0.15) is 17.0 Å². The Morgan fingerprint density at radius 1 is 0.952 bits per heavy atom. The second-order valence-corrected chi connectivity index (χ2v) is 12.0. The molecule has 3 fully saturated rings. The highest BCUT2D eigenvalue weighted by molar-refractivity contribution is 6.42. The monoisotopic (exact) mass is 629 g/mol. The third-order valence-corrected chi connectivity index (χ3v) is 9.35. The number of benzene rings is 2. The first kappa shape index (κ1) is 30.4. The Morgan fingerprint density at radius 3 is 2.17 bits per heavy atom. The van der Waals surface area contributed by atoms with Crippen LogP contribution in [0.4, 0.5) is 22.4 Å². The number of halogens is 6. The fraction of sp³-hybridized carbons (Fsp3) is 0.483. The number of carbonyl (C=O) groups excluding carboxylic acids is 3. The molecule has 7 nitrogen and oxygen atoms in total. The molecule has 2 aromatic rings. The highest BCUT2D eigenvalue weighted by Gasteiger charge is 2.69. The summed E-state index contributed by atoms with van der Waals surface area (Å²) in [4.78, 5) is 43.6. The van der Waals surface area contributed by atoms with Crippen molar-refractivity contribution in [2.24, 2.45) is 11.3 Å². The van der Waals surface area contributed by atoms with E-state index < -0.39 is 41.4 Å². The van der Waals surface area contributed by atoms with E-state index in [1.165, 1.54) is 34.1 Å². The molecular weight excluding hydrogens is 601 g/mol. The van der Waals surface area contributed by atoms with Gasteiger partial charge in [0.05, 0.1) is 16.1 Å². The minimum Gasteiger partial charge on any atom is -0.410 e. The van der Waals surface area contributed by atoms with Gasteiger partial charge in [-0.25, -0.2) is 9.18 Å². The first-order chi connectivity index (χ1) is 19.8. The van der Waals surface area contributed by atoms with Crippen LogP contribution in [-0.2, 0) is 9.59 Å². The Bertz CT molecular complexity index is 1360. The lowest BCUT2D eigenvalue weighted by molar-refractivity contribution is -0.199. The molecule has 0 spiro atoms. The van der Waals surface area contributed by atoms with E-state index in [1.807, 2.05) is 0 Å². The zero-order valence-corrected chi connectivity index (χ0v) is 24.2. The number of nitrogens with zero attached hydrogens (tertiary/aromatic N) is 3. The van der Waals surface area contributed by atoms with Gasteiger partial charge in [0.2, 0.25) is 11.8 Å². The van der Waals surface area contributed by atoms with Crippen LogP contribution in [-0.4, -0.2) is 78.1 Å². The van der Waals surface area contributed by atoms with E-state index in [0.717, 1.165) is 5.56 Å². The van der Waals surface area contributed by atoms with E-state index in [-0.39, 0.29) is 69.4 Å². The second kappa shape index (κ2) is 11.6. The predicted molar refractivity (Wildman–Crippen MR) is 147 cm³/mol. The van der Waals surface area contributed by atoms with Crippen LogP contribution in [0.3, 0.4) is 0 Å². The zero-order chi connectivity index (χ0) is 30.4. The van der Waals surface area contributed by atoms with Crippen molar-refractivity contribution in [3.05, 3.63) is 63.9 Å². The lowest BCUT2D eigenvalue weighted by Crippen LogP contribution is -2.49. The second-order valence-electron chi connectivity index (χ2n) is 11.2. The van der Waals surface area contributed by atoms with Gasteiger partial charge >= 0.3 is 12.3 Å². The Labute approximate surface area is 250 Å². The van der Waals surface area contributed by atoms with Crippen molar-refractivity contribution >= 4 is 41.1 Å². The van der Waals surface area contributed by atoms with Crippen molar-refractivity contribution in [3.8, 4) is 5.75 Å². The molecular formula is C29H29Cl2F4N3O4. The third-order valence-electron chi connectivity index (χ3n) is 8.61. The maximum atomic E-state index is 13.6. The predicted octanol–water partition coefficient (Wildman–Crippen LogP) is 6.14. The number of amides is 3. The van der Waals surface area contributed by atoms with E-state index in [4.69, 9.17) is 27.9 Å². The van der Waals surface area contributed by atoms with E-state index in [1.54, 1.807) is 30.1 Å². The van der Waals surface area contributed by atoms with Crippen molar-refractivity contribution in [2.75, 3.05) is 33.2 Å². The lowest BCUT2D eigenvalue weighted by atomic mass is 9.93. The molecule has 2 saturated heterocycles. The van der Waals surface area contributed by atoms with Crippen LogP contribution in [0.5, 0.6) is 5.75 Å². The average Bonchev–Trinajstić information content (AvgIpc) is 3.68. The minimum absolute atomic E-state index is 0.0739. The molecule has 0 bridgehead atoms. The number of carbonyl (C=O) groups is 3. The number of piperidine rings is 1. The van der Waals surface area contributed by atoms with Gasteiger partial charge in [-0.3, -0.25) is 9.59 Å². The fourth-order valence-electron chi connectivity index (χ4n) is 5.87. The molecule has 5 rings (SSSR count). The zero-order valence-electron chi connectivity index (χ0n) is 22.7. The summed E-state index contributed by atoms with van der Waals surface area (Å²) in [5.74, 6) is -2.23. The first-order valence-electron chi connectivity index (χ1n) is 13.6. The van der Waals surface area contributed by atoms with Crippen molar-refractivity contribution < 1.29 is 36.7 Å². The minimum atomic E-state index is -4.58. The molecule has 0 N–H and O–H groups in total. The summed E-state index contributed by atoms with van der Waals surface area (Å²) in [6, 6.07) is 9.59. The standard InChI is InChI=1S/C29H29Cl2F4N3O4/c1-36(27(41)42-20-5-3-19(32)4-6-20)24-16-38(15-21(24)18-2-7-22(30)23(31)14-18)25(39)17-8-12-37(13-9-17)26(40)28(10-11-28)29(33,34)35/h2-7,14,17,21,24H,8-13,15-16H2,1H3/t21?,24-/m1/s1. The molecule has 2 atom stereocenters. The van der Waals surface area contributed by atoms with E-state index in [9.17, 15) is 31.9 Å². The Morgan fingerprint density at radius 2 is 1.60 bits per heavy atom. The number of likely N-dealkylation sites (N-methyl/N-ethyl adjacent to an activating group) is 1. The molecule has 2 aromatic carbocycles. The highest BCUT2D eigenvalue weighted by Crippen LogP contribution is 2.58. The van der Waals surface area contributed by atoms with Crippen molar-refractivity contribution in [3.63, 3.8) is 0 Å². The summed E-state index contributed by atoms with van der Waals surface area (Å²) >= 11 is 12.4. The maximum absolute atomic E-state index is 13.6. The molecule has 3 aliphatic rings. The molecule has 3 amide bonds. The molecule has 42 heavy (non-hydrogen) atoms. The van der Waals surface area contributed by atoms with Crippen LogP contribution in [0.1, 0.15) is 37.2 Å².